The van der Waals surface area contributed by atoms with Crippen LogP contribution in [-0.2, 0) is 27.9 Å². The van der Waals surface area contributed by atoms with Gasteiger partial charge in [-0.3, -0.25) is 0 Å². The Hall–Kier alpha value is -8.75. The van der Waals surface area contributed by atoms with Gasteiger partial charge < -0.3 is 27.9 Å². The molecule has 3 aliphatic heterocycles. The molecule has 3 aliphatic rings. The van der Waals surface area contributed by atoms with Crippen molar-refractivity contribution < 1.29 is 27.9 Å². The summed E-state index contributed by atoms with van der Waals surface area (Å²) >= 11 is 5.65. The van der Waals surface area contributed by atoms with Crippen LogP contribution >= 0.6 is 34.0 Å². The lowest BCUT2D eigenvalue weighted by atomic mass is 9.78. The SMILES string of the molecule is CC1(C)OB(c2ccc(-c3ccc(-c4ccc5sc6c7ccccc7ccc6c5c4)cc3)cc2)OC1(C)C.CC1(C)OB(c2ccc(-c3ccc4sc5c6ccccc6ccc5c4c3)cc2)OC1(C)C.CC1(C)OB(c2cccc(-c3ccc4sc5c6ccccc6ccc5c4c3)c2)OC1(C)C. The molecule has 502 valence electrons. The van der Waals surface area contributed by atoms with E-state index in [1.165, 1.54) is 137 Å². The van der Waals surface area contributed by atoms with E-state index in [0.29, 0.717) is 0 Å². The average Bonchev–Trinajstić information content (AvgIpc) is 1.42. The molecule has 12 heteroatoms. The Morgan fingerprint density at radius 3 is 0.804 bits per heavy atom. The fourth-order valence-electron chi connectivity index (χ4n) is 14.4. The molecule has 3 aromatic heterocycles. The highest BCUT2D eigenvalue weighted by molar-refractivity contribution is 7.27. The Kier molecular flexibility index (Phi) is 16.3. The van der Waals surface area contributed by atoms with Gasteiger partial charge in [0.1, 0.15) is 0 Å². The summed E-state index contributed by atoms with van der Waals surface area (Å²) in [6.45, 7) is 25.1. The van der Waals surface area contributed by atoms with Gasteiger partial charge in [0.2, 0.25) is 0 Å². The van der Waals surface area contributed by atoms with E-state index in [0.717, 1.165) is 16.4 Å². The van der Waals surface area contributed by atoms with Gasteiger partial charge in [-0.15, -0.1) is 34.0 Å². The number of benzene rings is 13. The Labute approximate surface area is 610 Å². The third kappa shape index (κ3) is 11.8. The molecule has 0 aliphatic carbocycles. The molecule has 19 rings (SSSR count). The number of rotatable bonds is 7. The first-order valence-electron chi connectivity index (χ1n) is 35.4. The maximum Gasteiger partial charge on any atom is 0.494 e. The van der Waals surface area contributed by atoms with Crippen LogP contribution < -0.4 is 16.4 Å². The lowest BCUT2D eigenvalue weighted by Gasteiger charge is -2.32. The van der Waals surface area contributed by atoms with E-state index in [4.69, 9.17) is 27.9 Å². The van der Waals surface area contributed by atoms with E-state index in [1.54, 1.807) is 0 Å². The van der Waals surface area contributed by atoms with Gasteiger partial charge in [0.25, 0.3) is 0 Å². The van der Waals surface area contributed by atoms with Gasteiger partial charge in [0.05, 0.1) is 33.6 Å². The summed E-state index contributed by atoms with van der Waals surface area (Å²) in [5.41, 5.74) is 10.8. The summed E-state index contributed by atoms with van der Waals surface area (Å²) in [5, 5.41) is 15.8. The zero-order chi connectivity index (χ0) is 70.2. The fourth-order valence-corrected chi connectivity index (χ4v) is 18.0. The van der Waals surface area contributed by atoms with Crippen molar-refractivity contribution >= 4 is 165 Å². The van der Waals surface area contributed by atoms with Crippen molar-refractivity contribution in [2.75, 3.05) is 0 Å². The Morgan fingerprint density at radius 2 is 0.471 bits per heavy atom. The second-order valence-corrected chi connectivity index (χ2v) is 33.8. The van der Waals surface area contributed by atoms with E-state index < -0.39 is 0 Å². The predicted molar refractivity (Wildman–Crippen MR) is 439 cm³/mol. The monoisotopic (exact) mass is 1380 g/mol. The van der Waals surface area contributed by atoms with Crippen molar-refractivity contribution in [1.29, 1.82) is 0 Å². The topological polar surface area (TPSA) is 55.4 Å². The normalized spacial score (nSPS) is 17.2. The van der Waals surface area contributed by atoms with Crippen molar-refractivity contribution in [3.63, 3.8) is 0 Å². The number of thiophene rings is 3. The molecule has 102 heavy (non-hydrogen) atoms. The van der Waals surface area contributed by atoms with Gasteiger partial charge in [-0.25, -0.2) is 0 Å². The van der Waals surface area contributed by atoms with Crippen LogP contribution in [0.1, 0.15) is 83.1 Å². The van der Waals surface area contributed by atoms with E-state index in [1.807, 2.05) is 34.0 Å². The number of hydrogen-bond donors (Lipinski definition) is 0. The highest BCUT2D eigenvalue weighted by Crippen LogP contribution is 2.46. The highest BCUT2D eigenvalue weighted by atomic mass is 32.1. The van der Waals surface area contributed by atoms with Crippen LogP contribution in [0.2, 0.25) is 0 Å². The molecule has 13 aromatic carbocycles. The largest absolute Gasteiger partial charge is 0.494 e. The van der Waals surface area contributed by atoms with Crippen LogP contribution in [0.15, 0.2) is 261 Å². The lowest BCUT2D eigenvalue weighted by molar-refractivity contribution is 0.00578. The molecule has 6 nitrogen and oxygen atoms in total. The molecule has 0 atom stereocenters. The molecule has 16 aromatic rings. The van der Waals surface area contributed by atoms with E-state index in [-0.39, 0.29) is 55.0 Å². The number of fused-ring (bicyclic) bond motifs is 15. The molecular formula is C90H79B3O6S3. The minimum absolute atomic E-state index is 0.328. The minimum Gasteiger partial charge on any atom is -0.399 e. The molecule has 3 fully saturated rings. The molecule has 0 amide bonds. The Bertz CT molecular complexity index is 5900. The summed E-state index contributed by atoms with van der Waals surface area (Å²) < 4.78 is 45.5. The highest BCUT2D eigenvalue weighted by Gasteiger charge is 2.54. The predicted octanol–water partition coefficient (Wildman–Crippen LogP) is 23.2. The van der Waals surface area contributed by atoms with Gasteiger partial charge in [-0.05, 0) is 213 Å². The summed E-state index contributed by atoms with van der Waals surface area (Å²) in [6.07, 6.45) is 0. The van der Waals surface area contributed by atoms with E-state index in [9.17, 15) is 0 Å². The molecule has 0 N–H and O–H groups in total. The van der Waals surface area contributed by atoms with Gasteiger partial charge in [0.15, 0.2) is 0 Å². The summed E-state index contributed by atoms with van der Waals surface area (Å²) in [4.78, 5) is 0. The van der Waals surface area contributed by atoms with Crippen LogP contribution in [0, 0.1) is 0 Å². The molecule has 0 unspecified atom stereocenters. The smallest absolute Gasteiger partial charge is 0.399 e. The van der Waals surface area contributed by atoms with Crippen LogP contribution in [-0.4, -0.2) is 55.0 Å². The minimum atomic E-state index is -0.350. The first-order chi connectivity index (χ1) is 48.9. The fraction of sp³-hybridized carbons (Fsp3) is 0.200. The van der Waals surface area contributed by atoms with Crippen molar-refractivity contribution in [1.82, 2.24) is 0 Å². The quantitative estimate of drug-likeness (QED) is 0.148. The Morgan fingerprint density at radius 1 is 0.206 bits per heavy atom. The third-order valence-electron chi connectivity index (χ3n) is 22.6. The van der Waals surface area contributed by atoms with Crippen LogP contribution in [0.5, 0.6) is 0 Å². The maximum atomic E-state index is 6.28. The van der Waals surface area contributed by atoms with Gasteiger partial charge in [0, 0.05) is 60.5 Å². The maximum absolute atomic E-state index is 6.28. The van der Waals surface area contributed by atoms with Gasteiger partial charge >= 0.3 is 21.4 Å². The van der Waals surface area contributed by atoms with Gasteiger partial charge in [-0.1, -0.05) is 224 Å². The second kappa shape index (κ2) is 25.0. The lowest BCUT2D eigenvalue weighted by Crippen LogP contribution is -2.41. The third-order valence-corrected chi connectivity index (χ3v) is 26.2. The van der Waals surface area contributed by atoms with Gasteiger partial charge in [-0.2, -0.15) is 0 Å². The zero-order valence-corrected chi connectivity index (χ0v) is 62.2. The standard InChI is InChI=1S/C34H29BO2S.2C28H25BO2S/c1-33(2)34(3,4)37-35(36-33)27-17-13-23(14-18-27)22-9-11-24(12-10-22)26-16-20-31-30(21-26)29-19-15-25-7-5-6-8-28(25)32(29)38-31;1-27(2)28(3,4)31-29(30-27)21-10-7-9-19(16-21)20-13-15-25-24(17-20)23-14-12-18-8-5-6-11-22(18)26(23)32-25;1-27(2)28(3,4)31-29(30-27)21-13-9-18(10-14-21)20-12-16-25-24(17-20)23-15-11-19-7-5-6-8-22(19)26(23)32-25/h5-21H,1-4H3;2*5-17H,1-4H3. The van der Waals surface area contributed by atoms with Crippen molar-refractivity contribution in [2.45, 2.75) is 117 Å². The van der Waals surface area contributed by atoms with E-state index in [2.05, 4.69) is 344 Å². The molecule has 0 spiro atoms. The van der Waals surface area contributed by atoms with Crippen LogP contribution in [0.3, 0.4) is 0 Å². The molecule has 3 saturated heterocycles. The van der Waals surface area contributed by atoms with Crippen molar-refractivity contribution in [2.24, 2.45) is 0 Å². The summed E-state index contributed by atoms with van der Waals surface area (Å²) in [6, 6.07) is 94.5. The average molecular weight is 1390 g/mol. The summed E-state index contributed by atoms with van der Waals surface area (Å²) in [7, 11) is -1.01. The summed E-state index contributed by atoms with van der Waals surface area (Å²) in [5.74, 6) is 0. The molecule has 0 bridgehead atoms. The first-order valence-corrected chi connectivity index (χ1v) is 37.9. The molecule has 6 heterocycles. The van der Waals surface area contributed by atoms with Crippen molar-refractivity contribution in [3.8, 4) is 44.5 Å². The van der Waals surface area contributed by atoms with Crippen LogP contribution in [0.25, 0.3) is 137 Å². The molecule has 0 radical (unpaired) electrons. The Balaban J connectivity index is 0.000000114. The number of hydrogen-bond acceptors (Lipinski definition) is 9. The molecule has 0 saturated carbocycles. The zero-order valence-electron chi connectivity index (χ0n) is 59.7. The van der Waals surface area contributed by atoms with Crippen molar-refractivity contribution in [3.05, 3.63) is 261 Å². The first kappa shape index (κ1) is 66.5. The molecular weight excluding hydrogens is 1310 g/mol. The van der Waals surface area contributed by atoms with E-state index >= 15 is 0 Å². The second-order valence-electron chi connectivity index (χ2n) is 30.6. The van der Waals surface area contributed by atoms with Crippen LogP contribution in [0.4, 0.5) is 0 Å².